The van der Waals surface area contributed by atoms with Gasteiger partial charge in [0.2, 0.25) is 6.29 Å². The fraction of sp³-hybridized carbons (Fsp3) is 0.462. The molecular weight excluding hydrogens is 172 g/mol. The van der Waals surface area contributed by atoms with E-state index in [4.69, 9.17) is 0 Å². The lowest BCUT2D eigenvalue weighted by molar-refractivity contribution is 0.561. The van der Waals surface area contributed by atoms with Crippen LogP contribution in [0.5, 0.6) is 0 Å². The van der Waals surface area contributed by atoms with Crippen LogP contribution in [0.25, 0.3) is 0 Å². The van der Waals surface area contributed by atoms with Gasteiger partial charge in [0.1, 0.15) is 0 Å². The van der Waals surface area contributed by atoms with E-state index < -0.39 is 0 Å². The Kier molecular flexibility index (Phi) is 3.45. The van der Waals surface area contributed by atoms with Crippen molar-refractivity contribution in [3.8, 4) is 0 Å². The number of hydrogen-bond donors (Lipinski definition) is 0. The van der Waals surface area contributed by atoms with E-state index in [9.17, 15) is 4.79 Å². The topological polar surface area (TPSA) is 17.1 Å². The molecule has 0 amide bonds. The Bertz CT molecular complexity index is 298. The predicted molar refractivity (Wildman–Crippen MR) is 59.4 cm³/mol. The van der Waals surface area contributed by atoms with Gasteiger partial charge in [0.15, 0.2) is 0 Å². The largest absolute Gasteiger partial charge is 0.285 e. The average molecular weight is 189 g/mol. The Labute approximate surface area is 86.1 Å². The molecule has 0 fully saturated rings. The Hall–Kier alpha value is -1.11. The molecule has 14 heavy (non-hydrogen) atoms. The summed E-state index contributed by atoms with van der Waals surface area (Å²) in [6.45, 7) is 8.39. The summed E-state index contributed by atoms with van der Waals surface area (Å²) >= 11 is 0. The quantitative estimate of drug-likeness (QED) is 0.712. The van der Waals surface area contributed by atoms with Crippen LogP contribution in [-0.2, 0) is 4.79 Å². The summed E-state index contributed by atoms with van der Waals surface area (Å²) in [4.78, 5) is 10.9. The average Bonchev–Trinajstić information content (AvgIpc) is 2.16. The van der Waals surface area contributed by atoms with Crippen molar-refractivity contribution in [3.63, 3.8) is 0 Å². The Morgan fingerprint density at radius 3 is 1.71 bits per heavy atom. The first-order chi connectivity index (χ1) is 6.57. The molecule has 1 radical (unpaired) electrons. The lowest BCUT2D eigenvalue weighted by Crippen LogP contribution is -2.02. The van der Waals surface area contributed by atoms with E-state index in [1.54, 1.807) is 0 Å². The maximum absolute atomic E-state index is 10.9. The first-order valence-corrected chi connectivity index (χ1v) is 5.08. The monoisotopic (exact) mass is 189 g/mol. The summed E-state index contributed by atoms with van der Waals surface area (Å²) in [5.74, 6) is 0.760. The van der Waals surface area contributed by atoms with Gasteiger partial charge in [-0.1, -0.05) is 45.9 Å². The third-order valence-corrected chi connectivity index (χ3v) is 2.47. The van der Waals surface area contributed by atoms with E-state index in [0.29, 0.717) is 11.8 Å². The zero-order chi connectivity index (χ0) is 10.7. The summed E-state index contributed by atoms with van der Waals surface area (Å²) in [5, 5.41) is 0. The highest BCUT2D eigenvalue weighted by Gasteiger charge is 2.12. The van der Waals surface area contributed by atoms with Crippen molar-refractivity contribution in [1.82, 2.24) is 0 Å². The molecule has 0 N–H and O–H groups in total. The van der Waals surface area contributed by atoms with Crippen molar-refractivity contribution in [2.24, 2.45) is 0 Å². The van der Waals surface area contributed by atoms with Gasteiger partial charge in [-0.15, -0.1) is 0 Å². The molecular formula is C13H17O. The van der Waals surface area contributed by atoms with Gasteiger partial charge in [-0.3, -0.25) is 4.79 Å². The smallest absolute Gasteiger partial charge is 0.234 e. The second-order valence-electron chi connectivity index (χ2n) is 4.22. The molecule has 1 rings (SSSR count). The van der Waals surface area contributed by atoms with E-state index >= 15 is 0 Å². The van der Waals surface area contributed by atoms with E-state index in [1.165, 1.54) is 0 Å². The summed E-state index contributed by atoms with van der Waals surface area (Å²) in [7, 11) is 0. The molecule has 0 bridgehead atoms. The van der Waals surface area contributed by atoms with Crippen LogP contribution in [0.15, 0.2) is 18.2 Å². The van der Waals surface area contributed by atoms with E-state index in [-0.39, 0.29) is 0 Å². The van der Waals surface area contributed by atoms with Crippen LogP contribution < -0.4 is 0 Å². The Morgan fingerprint density at radius 1 is 1.00 bits per heavy atom. The van der Waals surface area contributed by atoms with Gasteiger partial charge in [0.25, 0.3) is 0 Å². The third-order valence-electron chi connectivity index (χ3n) is 2.47. The van der Waals surface area contributed by atoms with Crippen LogP contribution >= 0.6 is 0 Å². The minimum Gasteiger partial charge on any atom is -0.285 e. The predicted octanol–water partition coefficient (Wildman–Crippen LogP) is 3.39. The molecule has 1 heteroatoms. The van der Waals surface area contributed by atoms with E-state index in [2.05, 4.69) is 34.0 Å². The van der Waals surface area contributed by atoms with Crippen LogP contribution in [0.4, 0.5) is 0 Å². The summed E-state index contributed by atoms with van der Waals surface area (Å²) in [6, 6.07) is 6.04. The molecule has 0 aliphatic heterocycles. The maximum atomic E-state index is 10.9. The standard InChI is InChI=1S/C13H17O/c1-9(2)11-6-5-7-12(10(3)4)13(11)8-14/h5-7,9-10H,1-4H3. The number of carbonyl (C=O) groups excluding carboxylic acids is 1. The highest BCUT2D eigenvalue weighted by molar-refractivity contribution is 5.80. The van der Waals surface area contributed by atoms with Crippen molar-refractivity contribution in [3.05, 3.63) is 34.9 Å². The van der Waals surface area contributed by atoms with E-state index in [0.717, 1.165) is 16.7 Å². The molecule has 0 unspecified atom stereocenters. The third kappa shape index (κ3) is 2.03. The highest BCUT2D eigenvalue weighted by atomic mass is 16.1. The van der Waals surface area contributed by atoms with Crippen LogP contribution in [0, 0.1) is 0 Å². The van der Waals surface area contributed by atoms with Crippen LogP contribution in [-0.4, -0.2) is 6.29 Å². The fourth-order valence-electron chi connectivity index (χ4n) is 1.67. The molecule has 0 spiro atoms. The zero-order valence-corrected chi connectivity index (χ0v) is 9.29. The summed E-state index contributed by atoms with van der Waals surface area (Å²) < 4.78 is 0. The molecule has 0 heterocycles. The Balaban J connectivity index is 3.32. The summed E-state index contributed by atoms with van der Waals surface area (Å²) in [5.41, 5.74) is 2.97. The summed E-state index contributed by atoms with van der Waals surface area (Å²) in [6.07, 6.45) is 2.08. The molecule has 0 aliphatic rings. The van der Waals surface area contributed by atoms with Crippen molar-refractivity contribution < 1.29 is 4.79 Å². The molecule has 0 atom stereocenters. The molecule has 0 aromatic heterocycles. The van der Waals surface area contributed by atoms with Crippen molar-refractivity contribution in [2.45, 2.75) is 39.5 Å². The van der Waals surface area contributed by atoms with Crippen molar-refractivity contribution >= 4 is 6.29 Å². The first-order valence-electron chi connectivity index (χ1n) is 5.08. The van der Waals surface area contributed by atoms with E-state index in [1.807, 2.05) is 18.2 Å². The molecule has 1 nitrogen and oxygen atoms in total. The second kappa shape index (κ2) is 4.41. The van der Waals surface area contributed by atoms with Crippen molar-refractivity contribution in [1.29, 1.82) is 0 Å². The SMILES string of the molecule is CC(C)c1cccc(C(C)C)c1[C]=O. The highest BCUT2D eigenvalue weighted by Crippen LogP contribution is 2.25. The molecule has 75 valence electrons. The number of hydrogen-bond acceptors (Lipinski definition) is 1. The lowest BCUT2D eigenvalue weighted by Gasteiger charge is -2.14. The number of benzene rings is 1. The zero-order valence-electron chi connectivity index (χ0n) is 9.29. The molecule has 1 aromatic rings. The lowest BCUT2D eigenvalue weighted by atomic mass is 9.89. The van der Waals surface area contributed by atoms with Gasteiger partial charge < -0.3 is 0 Å². The molecule has 0 saturated heterocycles. The van der Waals surface area contributed by atoms with Crippen LogP contribution in [0.3, 0.4) is 0 Å². The van der Waals surface area contributed by atoms with Gasteiger partial charge in [-0.2, -0.15) is 0 Å². The fourth-order valence-corrected chi connectivity index (χ4v) is 1.67. The molecule has 0 aliphatic carbocycles. The van der Waals surface area contributed by atoms with Crippen LogP contribution in [0.1, 0.15) is 56.2 Å². The Morgan fingerprint density at radius 2 is 1.43 bits per heavy atom. The van der Waals surface area contributed by atoms with Gasteiger partial charge in [0, 0.05) is 5.56 Å². The number of rotatable bonds is 3. The second-order valence-corrected chi connectivity index (χ2v) is 4.22. The minimum absolute atomic E-state index is 0.380. The molecule has 1 aromatic carbocycles. The van der Waals surface area contributed by atoms with Crippen molar-refractivity contribution in [2.75, 3.05) is 0 Å². The van der Waals surface area contributed by atoms with Gasteiger partial charge in [0.05, 0.1) is 0 Å². The normalized spacial score (nSPS) is 11.0. The minimum atomic E-state index is 0.380. The van der Waals surface area contributed by atoms with Gasteiger partial charge in [-0.05, 0) is 23.0 Å². The maximum Gasteiger partial charge on any atom is 0.234 e. The first kappa shape index (κ1) is 11.0. The van der Waals surface area contributed by atoms with Crippen LogP contribution in [0.2, 0.25) is 0 Å². The van der Waals surface area contributed by atoms with Gasteiger partial charge in [-0.25, -0.2) is 0 Å². The van der Waals surface area contributed by atoms with Gasteiger partial charge >= 0.3 is 0 Å². The molecule has 0 saturated carbocycles.